The topological polar surface area (TPSA) is 78.9 Å². The van der Waals surface area contributed by atoms with Gasteiger partial charge in [0.2, 0.25) is 0 Å². The Bertz CT molecular complexity index is 1150. The van der Waals surface area contributed by atoms with Crippen molar-refractivity contribution in [3.8, 4) is 0 Å². The second-order valence-electron chi connectivity index (χ2n) is 17.8. The Morgan fingerprint density at radius 3 is 0.968 bits per heavy atom. The minimum Gasteiger partial charge on any atom is -0.462 e. The lowest BCUT2D eigenvalue weighted by molar-refractivity contribution is -0.167. The van der Waals surface area contributed by atoms with E-state index in [4.69, 9.17) is 14.2 Å². The molecule has 0 saturated carbocycles. The van der Waals surface area contributed by atoms with Gasteiger partial charge in [0.25, 0.3) is 0 Å². The van der Waals surface area contributed by atoms with Crippen LogP contribution in [0.5, 0.6) is 0 Å². The summed E-state index contributed by atoms with van der Waals surface area (Å²) < 4.78 is 16.8. The third-order valence-corrected chi connectivity index (χ3v) is 11.5. The molecule has 0 heterocycles. The molecule has 1 unspecified atom stereocenters. The van der Waals surface area contributed by atoms with Gasteiger partial charge >= 0.3 is 17.9 Å². The van der Waals surface area contributed by atoms with E-state index in [9.17, 15) is 14.4 Å². The first-order chi connectivity index (χ1) is 31.0. The standard InChI is InChI=1S/C57H100O6/c1-4-7-10-13-16-19-21-23-25-26-27-28-29-30-31-32-33-35-36-38-41-44-47-50-56(59)62-53-54(52-61-55(58)49-46-43-40-18-15-12-9-6-3)63-57(60)51-48-45-42-39-37-34-24-22-20-17-14-11-8-5-2/h7,10,16,19,23,25,27-28,30-31,54H,4-6,8-9,11-15,17-18,20-22,24,26,29,32-53H2,1-3H3/b10-7-,19-16-,25-23-,28-27-,31-30-. The van der Waals surface area contributed by atoms with E-state index >= 15 is 0 Å². The highest BCUT2D eigenvalue weighted by molar-refractivity contribution is 5.71. The molecule has 0 spiro atoms. The molecule has 0 fully saturated rings. The van der Waals surface area contributed by atoms with Gasteiger partial charge in [-0.25, -0.2) is 0 Å². The third-order valence-electron chi connectivity index (χ3n) is 11.5. The van der Waals surface area contributed by atoms with Crippen molar-refractivity contribution in [2.45, 2.75) is 271 Å². The van der Waals surface area contributed by atoms with Crippen LogP contribution in [0.4, 0.5) is 0 Å². The van der Waals surface area contributed by atoms with Gasteiger partial charge in [0, 0.05) is 19.3 Å². The summed E-state index contributed by atoms with van der Waals surface area (Å²) in [5, 5.41) is 0. The van der Waals surface area contributed by atoms with Crippen LogP contribution in [0.3, 0.4) is 0 Å². The number of hydrogen-bond acceptors (Lipinski definition) is 6. The molecule has 0 aliphatic carbocycles. The molecule has 0 aromatic carbocycles. The van der Waals surface area contributed by atoms with E-state index in [-0.39, 0.29) is 31.1 Å². The van der Waals surface area contributed by atoms with E-state index in [1.165, 1.54) is 128 Å². The van der Waals surface area contributed by atoms with Crippen molar-refractivity contribution in [2.24, 2.45) is 0 Å². The molecule has 0 aromatic heterocycles. The van der Waals surface area contributed by atoms with E-state index in [0.717, 1.165) is 96.3 Å². The predicted molar refractivity (Wildman–Crippen MR) is 270 cm³/mol. The Balaban J connectivity index is 4.25. The van der Waals surface area contributed by atoms with Crippen molar-refractivity contribution < 1.29 is 28.6 Å². The molecular formula is C57H100O6. The fourth-order valence-electron chi connectivity index (χ4n) is 7.53. The highest BCUT2D eigenvalue weighted by Crippen LogP contribution is 2.15. The van der Waals surface area contributed by atoms with Crippen molar-refractivity contribution in [3.05, 3.63) is 60.8 Å². The molecule has 0 amide bonds. The maximum Gasteiger partial charge on any atom is 0.306 e. The lowest BCUT2D eigenvalue weighted by Gasteiger charge is -2.18. The molecule has 0 saturated heterocycles. The fourth-order valence-corrected chi connectivity index (χ4v) is 7.53. The van der Waals surface area contributed by atoms with Gasteiger partial charge in [-0.2, -0.15) is 0 Å². The van der Waals surface area contributed by atoms with Crippen LogP contribution in [0.25, 0.3) is 0 Å². The minimum absolute atomic E-state index is 0.0747. The smallest absolute Gasteiger partial charge is 0.306 e. The Kier molecular flexibility index (Phi) is 49.4. The SMILES string of the molecule is CC/C=C\C/C=C\C/C=C\C/C=C\C/C=C\CCCCCCCCCC(=O)OCC(COC(=O)CCCCCCCCCC)OC(=O)CCCCCCCCCCCCCCCC. The Morgan fingerprint density at radius 1 is 0.333 bits per heavy atom. The first-order valence-corrected chi connectivity index (χ1v) is 26.8. The van der Waals surface area contributed by atoms with Crippen LogP contribution in [0.15, 0.2) is 60.8 Å². The highest BCUT2D eigenvalue weighted by Gasteiger charge is 2.19. The second kappa shape index (κ2) is 51.7. The largest absolute Gasteiger partial charge is 0.462 e. The molecule has 6 heteroatoms. The van der Waals surface area contributed by atoms with E-state index < -0.39 is 6.10 Å². The summed E-state index contributed by atoms with van der Waals surface area (Å²) in [7, 11) is 0. The summed E-state index contributed by atoms with van der Waals surface area (Å²) in [6.07, 6.45) is 63.6. The molecular weight excluding hydrogens is 781 g/mol. The number of ether oxygens (including phenoxy) is 3. The van der Waals surface area contributed by atoms with Crippen molar-refractivity contribution >= 4 is 17.9 Å². The van der Waals surface area contributed by atoms with Gasteiger partial charge in [0.15, 0.2) is 6.10 Å². The number of carbonyl (C=O) groups is 3. The van der Waals surface area contributed by atoms with Gasteiger partial charge in [0.05, 0.1) is 0 Å². The number of rotatable bonds is 48. The van der Waals surface area contributed by atoms with E-state index in [0.29, 0.717) is 19.3 Å². The van der Waals surface area contributed by atoms with Crippen LogP contribution in [-0.2, 0) is 28.6 Å². The number of carbonyl (C=O) groups excluding carboxylic acids is 3. The summed E-state index contributed by atoms with van der Waals surface area (Å²) in [6.45, 7) is 6.50. The van der Waals surface area contributed by atoms with Gasteiger partial charge < -0.3 is 14.2 Å². The molecule has 0 aliphatic heterocycles. The molecule has 63 heavy (non-hydrogen) atoms. The molecule has 0 rings (SSSR count). The maximum absolute atomic E-state index is 12.8. The average Bonchev–Trinajstić information content (AvgIpc) is 3.28. The van der Waals surface area contributed by atoms with Gasteiger partial charge in [-0.05, 0) is 64.2 Å². The van der Waals surface area contributed by atoms with Crippen LogP contribution in [0.2, 0.25) is 0 Å². The Hall–Kier alpha value is -2.89. The van der Waals surface area contributed by atoms with Crippen molar-refractivity contribution in [1.82, 2.24) is 0 Å². The molecule has 6 nitrogen and oxygen atoms in total. The highest BCUT2D eigenvalue weighted by atomic mass is 16.6. The van der Waals surface area contributed by atoms with Crippen molar-refractivity contribution in [2.75, 3.05) is 13.2 Å². The zero-order valence-corrected chi connectivity index (χ0v) is 41.6. The summed E-state index contributed by atoms with van der Waals surface area (Å²) in [5.74, 6) is -0.883. The Morgan fingerprint density at radius 2 is 0.619 bits per heavy atom. The molecule has 0 aliphatic rings. The van der Waals surface area contributed by atoms with Gasteiger partial charge in [-0.3, -0.25) is 14.4 Å². The van der Waals surface area contributed by atoms with Crippen LogP contribution >= 0.6 is 0 Å². The quantitative estimate of drug-likeness (QED) is 0.0262. The molecule has 364 valence electrons. The molecule has 1 atom stereocenters. The number of allylic oxidation sites excluding steroid dienone is 10. The zero-order chi connectivity index (χ0) is 45.8. The van der Waals surface area contributed by atoms with E-state index in [1.807, 2.05) is 0 Å². The van der Waals surface area contributed by atoms with E-state index in [1.54, 1.807) is 0 Å². The van der Waals surface area contributed by atoms with Crippen molar-refractivity contribution in [1.29, 1.82) is 0 Å². The predicted octanol–water partition coefficient (Wildman–Crippen LogP) is 17.6. The molecule has 0 aromatic rings. The maximum atomic E-state index is 12.8. The first-order valence-electron chi connectivity index (χ1n) is 26.8. The summed E-state index contributed by atoms with van der Waals surface area (Å²) in [4.78, 5) is 37.9. The summed E-state index contributed by atoms with van der Waals surface area (Å²) >= 11 is 0. The lowest BCUT2D eigenvalue weighted by atomic mass is 10.0. The molecule has 0 bridgehead atoms. The van der Waals surface area contributed by atoms with Gasteiger partial charge in [-0.1, -0.05) is 242 Å². The second-order valence-corrected chi connectivity index (χ2v) is 17.8. The molecule has 0 radical (unpaired) electrons. The van der Waals surface area contributed by atoms with Crippen molar-refractivity contribution in [3.63, 3.8) is 0 Å². The zero-order valence-electron chi connectivity index (χ0n) is 41.6. The van der Waals surface area contributed by atoms with Crippen LogP contribution < -0.4 is 0 Å². The van der Waals surface area contributed by atoms with Gasteiger partial charge in [0.1, 0.15) is 13.2 Å². The average molecular weight is 881 g/mol. The monoisotopic (exact) mass is 881 g/mol. The van der Waals surface area contributed by atoms with Gasteiger partial charge in [-0.15, -0.1) is 0 Å². The normalized spacial score (nSPS) is 12.5. The number of esters is 3. The van der Waals surface area contributed by atoms with Crippen LogP contribution in [-0.4, -0.2) is 37.2 Å². The summed E-state index contributed by atoms with van der Waals surface area (Å²) in [5.41, 5.74) is 0. The van der Waals surface area contributed by atoms with Crippen LogP contribution in [0.1, 0.15) is 265 Å². The lowest BCUT2D eigenvalue weighted by Crippen LogP contribution is -2.30. The number of unbranched alkanes of at least 4 members (excludes halogenated alkanes) is 27. The fraction of sp³-hybridized carbons (Fsp3) is 0.772. The summed E-state index contributed by atoms with van der Waals surface area (Å²) in [6, 6.07) is 0. The van der Waals surface area contributed by atoms with E-state index in [2.05, 4.69) is 81.5 Å². The first kappa shape index (κ1) is 60.1. The minimum atomic E-state index is -0.773. The molecule has 0 N–H and O–H groups in total. The number of hydrogen-bond donors (Lipinski definition) is 0. The Labute approximate surface area is 390 Å². The third kappa shape index (κ3) is 50.0. The van der Waals surface area contributed by atoms with Crippen LogP contribution in [0, 0.1) is 0 Å².